The van der Waals surface area contributed by atoms with E-state index >= 15 is 0 Å². The molecule has 0 saturated heterocycles. The quantitative estimate of drug-likeness (QED) is 0.480. The number of alkyl halides is 1. The molecule has 2 heteroatoms. The van der Waals surface area contributed by atoms with Gasteiger partial charge in [0.1, 0.15) is 5.78 Å². The van der Waals surface area contributed by atoms with Gasteiger partial charge in [0.2, 0.25) is 0 Å². The van der Waals surface area contributed by atoms with E-state index in [0.717, 1.165) is 32.1 Å². The second-order valence-electron chi connectivity index (χ2n) is 5.99. The van der Waals surface area contributed by atoms with Crippen LogP contribution in [0.15, 0.2) is 11.6 Å². The molecule has 0 aromatic heterocycles. The van der Waals surface area contributed by atoms with Crippen LogP contribution in [0.25, 0.3) is 0 Å². The maximum absolute atomic E-state index is 12.4. The molecule has 90 valence electrons. The molecule has 0 aromatic carbocycles. The van der Waals surface area contributed by atoms with Crippen molar-refractivity contribution in [2.75, 3.05) is 0 Å². The minimum absolute atomic E-state index is 0.0829. The summed E-state index contributed by atoms with van der Waals surface area (Å²) >= 11 is 3.79. The van der Waals surface area contributed by atoms with Crippen molar-refractivity contribution in [3.63, 3.8) is 0 Å². The molecule has 0 unspecified atom stereocenters. The lowest BCUT2D eigenvalue weighted by atomic mass is 9.52. The maximum atomic E-state index is 12.4. The number of hydrogen-bond acceptors (Lipinski definition) is 1. The van der Waals surface area contributed by atoms with Gasteiger partial charge >= 0.3 is 0 Å². The Kier molecular flexibility index (Phi) is 3.07. The first-order valence-electron chi connectivity index (χ1n) is 6.23. The number of ketones is 1. The Morgan fingerprint density at radius 3 is 2.62 bits per heavy atom. The summed E-state index contributed by atoms with van der Waals surface area (Å²) in [7, 11) is 0. The van der Waals surface area contributed by atoms with E-state index in [1.54, 1.807) is 0 Å². The zero-order valence-corrected chi connectivity index (χ0v) is 12.1. The minimum Gasteiger partial charge on any atom is -0.299 e. The highest BCUT2D eigenvalue weighted by molar-refractivity contribution is 9.09. The molecule has 2 aliphatic carbocycles. The Hall–Kier alpha value is -0.110. The number of allylic oxidation sites excluding steroid dienone is 2. The fourth-order valence-corrected chi connectivity index (χ4v) is 3.99. The van der Waals surface area contributed by atoms with Crippen LogP contribution in [-0.4, -0.2) is 10.6 Å². The highest BCUT2D eigenvalue weighted by Crippen LogP contribution is 2.57. The van der Waals surface area contributed by atoms with Gasteiger partial charge in [0.05, 0.1) is 0 Å². The molecule has 0 amide bonds. The number of Topliss-reactive ketones (excluding diaryl/α,β-unsaturated/α-hetero) is 1. The number of hydrogen-bond donors (Lipinski definition) is 0. The Morgan fingerprint density at radius 1 is 1.38 bits per heavy atom. The van der Waals surface area contributed by atoms with Crippen molar-refractivity contribution in [2.45, 2.75) is 57.7 Å². The van der Waals surface area contributed by atoms with Gasteiger partial charge in [-0.25, -0.2) is 0 Å². The van der Waals surface area contributed by atoms with Crippen LogP contribution < -0.4 is 0 Å². The SMILES string of the molecule is CC1=CC[C@]2(CC1)C(=O)CC[C@@H](Br)C2(C)C. The molecule has 0 radical (unpaired) electrons. The molecule has 1 spiro atoms. The van der Waals surface area contributed by atoms with Crippen molar-refractivity contribution in [3.05, 3.63) is 11.6 Å². The van der Waals surface area contributed by atoms with Crippen LogP contribution in [0.2, 0.25) is 0 Å². The molecule has 2 aliphatic rings. The third kappa shape index (κ3) is 1.61. The number of rotatable bonds is 0. The summed E-state index contributed by atoms with van der Waals surface area (Å²) < 4.78 is 0. The van der Waals surface area contributed by atoms with Crippen LogP contribution in [0.1, 0.15) is 52.9 Å². The van der Waals surface area contributed by atoms with E-state index in [1.165, 1.54) is 5.57 Å². The second-order valence-corrected chi connectivity index (χ2v) is 7.09. The highest BCUT2D eigenvalue weighted by atomic mass is 79.9. The summed E-state index contributed by atoms with van der Waals surface area (Å²) in [6.07, 6.45) is 7.13. The maximum Gasteiger partial charge on any atom is 0.139 e. The number of halogens is 1. The lowest BCUT2D eigenvalue weighted by molar-refractivity contribution is -0.141. The molecule has 2 rings (SSSR count). The molecule has 0 N–H and O–H groups in total. The van der Waals surface area contributed by atoms with Crippen LogP contribution in [0.3, 0.4) is 0 Å². The molecule has 16 heavy (non-hydrogen) atoms. The van der Waals surface area contributed by atoms with E-state index < -0.39 is 0 Å². The zero-order chi connectivity index (χ0) is 12.0. The van der Waals surface area contributed by atoms with E-state index in [-0.39, 0.29) is 10.8 Å². The van der Waals surface area contributed by atoms with Gasteiger partial charge in [-0.1, -0.05) is 41.4 Å². The summed E-state index contributed by atoms with van der Waals surface area (Å²) in [5.41, 5.74) is 1.43. The zero-order valence-electron chi connectivity index (χ0n) is 10.5. The minimum atomic E-state index is -0.0983. The Morgan fingerprint density at radius 2 is 2.06 bits per heavy atom. The molecule has 1 nitrogen and oxygen atoms in total. The Bertz CT molecular complexity index is 343. The predicted octanol–water partition coefficient (Wildman–Crippen LogP) is 4.26. The summed E-state index contributed by atoms with van der Waals surface area (Å²) in [6.45, 7) is 6.70. The Labute approximate surface area is 107 Å². The van der Waals surface area contributed by atoms with Crippen molar-refractivity contribution in [1.82, 2.24) is 0 Å². The molecular formula is C14H21BrO. The fourth-order valence-electron chi connectivity index (χ4n) is 3.32. The monoisotopic (exact) mass is 284 g/mol. The van der Waals surface area contributed by atoms with Gasteiger partial charge < -0.3 is 0 Å². The van der Waals surface area contributed by atoms with Gasteiger partial charge in [0, 0.05) is 16.7 Å². The van der Waals surface area contributed by atoms with E-state index in [4.69, 9.17) is 0 Å². The molecule has 0 aliphatic heterocycles. The van der Waals surface area contributed by atoms with E-state index in [0.29, 0.717) is 10.6 Å². The highest BCUT2D eigenvalue weighted by Gasteiger charge is 2.55. The summed E-state index contributed by atoms with van der Waals surface area (Å²) in [5.74, 6) is 0.497. The smallest absolute Gasteiger partial charge is 0.139 e. The standard InChI is InChI=1S/C14H21BrO/c1-10-6-8-14(9-7-10)12(16)5-4-11(15)13(14,2)3/h6,11H,4-5,7-9H2,1-3H3/t11-,14+/m1/s1. The first kappa shape index (κ1) is 12.3. The van der Waals surface area contributed by atoms with Crippen molar-refractivity contribution >= 4 is 21.7 Å². The first-order valence-corrected chi connectivity index (χ1v) is 7.15. The second kappa shape index (κ2) is 3.97. The van der Waals surface area contributed by atoms with Gasteiger partial charge in [-0.3, -0.25) is 4.79 Å². The molecule has 1 fully saturated rings. The van der Waals surface area contributed by atoms with E-state index in [2.05, 4.69) is 42.8 Å². The van der Waals surface area contributed by atoms with Crippen molar-refractivity contribution in [2.24, 2.45) is 10.8 Å². The summed E-state index contributed by atoms with van der Waals surface area (Å²) in [4.78, 5) is 12.9. The van der Waals surface area contributed by atoms with Crippen LogP contribution in [0, 0.1) is 10.8 Å². The molecular weight excluding hydrogens is 264 g/mol. The molecule has 0 aromatic rings. The third-order valence-corrected chi connectivity index (χ3v) is 6.52. The van der Waals surface area contributed by atoms with Crippen molar-refractivity contribution < 1.29 is 4.79 Å². The summed E-state index contributed by atoms with van der Waals surface area (Å²) in [5, 5.41) is 0. The van der Waals surface area contributed by atoms with E-state index in [1.807, 2.05) is 0 Å². The normalized spacial score (nSPS) is 38.6. The fraction of sp³-hybridized carbons (Fsp3) is 0.786. The Balaban J connectivity index is 2.39. The van der Waals surface area contributed by atoms with Gasteiger partial charge in [-0.05, 0) is 38.0 Å². The molecule has 0 bridgehead atoms. The number of carbonyl (C=O) groups is 1. The predicted molar refractivity (Wildman–Crippen MR) is 70.8 cm³/mol. The average Bonchev–Trinajstić information content (AvgIpc) is 2.24. The van der Waals surface area contributed by atoms with Gasteiger partial charge in [0.15, 0.2) is 0 Å². The summed E-state index contributed by atoms with van der Waals surface area (Å²) in [6, 6.07) is 0. The van der Waals surface area contributed by atoms with Crippen LogP contribution in [-0.2, 0) is 4.79 Å². The molecule has 0 heterocycles. The lowest BCUT2D eigenvalue weighted by Gasteiger charge is -2.53. The largest absolute Gasteiger partial charge is 0.299 e. The van der Waals surface area contributed by atoms with Crippen molar-refractivity contribution in [1.29, 1.82) is 0 Å². The topological polar surface area (TPSA) is 17.1 Å². The van der Waals surface area contributed by atoms with Gasteiger partial charge in [0.25, 0.3) is 0 Å². The average molecular weight is 285 g/mol. The van der Waals surface area contributed by atoms with Crippen molar-refractivity contribution in [3.8, 4) is 0 Å². The third-order valence-electron chi connectivity index (χ3n) is 4.92. The van der Waals surface area contributed by atoms with Gasteiger partial charge in [-0.15, -0.1) is 0 Å². The van der Waals surface area contributed by atoms with Gasteiger partial charge in [-0.2, -0.15) is 0 Å². The van der Waals surface area contributed by atoms with Crippen LogP contribution in [0.5, 0.6) is 0 Å². The van der Waals surface area contributed by atoms with Crippen LogP contribution >= 0.6 is 15.9 Å². The lowest BCUT2D eigenvalue weighted by Crippen LogP contribution is -2.53. The number of carbonyl (C=O) groups excluding carboxylic acids is 1. The van der Waals surface area contributed by atoms with Crippen LogP contribution in [0.4, 0.5) is 0 Å². The molecule has 1 saturated carbocycles. The first-order chi connectivity index (χ1) is 7.40. The molecule has 2 atom stereocenters. The van der Waals surface area contributed by atoms with E-state index in [9.17, 15) is 4.79 Å².